The number of hydrogen-bond donors (Lipinski definition) is 1. The molecule has 6 heteroatoms. The molecule has 0 unspecified atom stereocenters. The van der Waals surface area contributed by atoms with Crippen molar-refractivity contribution in [2.24, 2.45) is 7.05 Å². The highest BCUT2D eigenvalue weighted by molar-refractivity contribution is 5.24. The minimum Gasteiger partial charge on any atom is -0.383 e. The molecule has 21 heavy (non-hydrogen) atoms. The molecule has 0 aliphatic rings. The van der Waals surface area contributed by atoms with Gasteiger partial charge >= 0.3 is 0 Å². The fourth-order valence-electron chi connectivity index (χ4n) is 2.46. The van der Waals surface area contributed by atoms with E-state index < -0.39 is 0 Å². The number of methoxy groups -OCH3 is 1. The van der Waals surface area contributed by atoms with Crippen LogP contribution < -0.4 is 0 Å². The van der Waals surface area contributed by atoms with Gasteiger partial charge in [0.15, 0.2) is 0 Å². The largest absolute Gasteiger partial charge is 0.383 e. The summed E-state index contributed by atoms with van der Waals surface area (Å²) in [6.45, 7) is 7.75. The van der Waals surface area contributed by atoms with Crippen molar-refractivity contribution in [2.45, 2.75) is 26.8 Å². The maximum Gasteiger partial charge on any atom is 0.0641 e. The second-order valence-corrected chi connectivity index (χ2v) is 5.40. The number of nitrogens with zero attached hydrogens (tertiary/aromatic N) is 4. The van der Waals surface area contributed by atoms with E-state index in [1.54, 1.807) is 7.11 Å². The van der Waals surface area contributed by atoms with Crippen LogP contribution in [0.2, 0.25) is 0 Å². The standard InChI is InChI=1S/C15H25N5O/c1-12-15(13(2)19(3)18-12)11-20(7-8-21-4)6-5-14-9-16-17-10-14/h9-10H,5-8,11H2,1-4H3,(H,16,17). The molecule has 0 aliphatic carbocycles. The number of rotatable bonds is 8. The topological polar surface area (TPSA) is 59.0 Å². The zero-order valence-corrected chi connectivity index (χ0v) is 13.4. The van der Waals surface area contributed by atoms with Crippen LogP contribution >= 0.6 is 0 Å². The summed E-state index contributed by atoms with van der Waals surface area (Å²) in [5.41, 5.74) is 4.90. The van der Waals surface area contributed by atoms with Crippen molar-refractivity contribution in [3.8, 4) is 0 Å². The summed E-state index contributed by atoms with van der Waals surface area (Å²) in [5.74, 6) is 0. The minimum absolute atomic E-state index is 0.740. The number of H-pyrrole nitrogens is 1. The summed E-state index contributed by atoms with van der Waals surface area (Å²) >= 11 is 0. The fourth-order valence-corrected chi connectivity index (χ4v) is 2.46. The first kappa shape index (κ1) is 15.7. The van der Waals surface area contributed by atoms with Crippen LogP contribution in [-0.2, 0) is 24.8 Å². The van der Waals surface area contributed by atoms with E-state index in [0.717, 1.165) is 38.4 Å². The number of aryl methyl sites for hydroxylation is 2. The predicted molar refractivity (Wildman–Crippen MR) is 82.1 cm³/mol. The molecule has 0 amide bonds. The molecule has 2 rings (SSSR count). The maximum atomic E-state index is 5.23. The first-order valence-electron chi connectivity index (χ1n) is 7.29. The maximum absolute atomic E-state index is 5.23. The molecule has 0 aromatic carbocycles. The Labute approximate surface area is 126 Å². The van der Waals surface area contributed by atoms with Crippen molar-refractivity contribution in [2.75, 3.05) is 26.8 Å². The molecule has 1 N–H and O–H groups in total. The van der Waals surface area contributed by atoms with Crippen LogP contribution in [0.5, 0.6) is 0 Å². The Hall–Kier alpha value is -1.66. The fraction of sp³-hybridized carbons (Fsp3) is 0.600. The van der Waals surface area contributed by atoms with Crippen molar-refractivity contribution in [3.63, 3.8) is 0 Å². The third kappa shape index (κ3) is 4.15. The molecule has 0 radical (unpaired) electrons. The molecular formula is C15H25N5O. The SMILES string of the molecule is COCCN(CCc1cn[nH]c1)Cc1c(C)nn(C)c1C. The molecule has 0 bridgehead atoms. The molecule has 2 aromatic rings. The average Bonchev–Trinajstić information content (AvgIpc) is 3.05. The second kappa shape index (κ2) is 7.38. The molecule has 0 saturated carbocycles. The van der Waals surface area contributed by atoms with E-state index in [1.807, 2.05) is 24.1 Å². The van der Waals surface area contributed by atoms with Crippen LogP contribution in [0.4, 0.5) is 0 Å². The van der Waals surface area contributed by atoms with Gasteiger partial charge in [0.2, 0.25) is 0 Å². The first-order chi connectivity index (χ1) is 10.1. The van der Waals surface area contributed by atoms with E-state index in [9.17, 15) is 0 Å². The minimum atomic E-state index is 0.740. The highest BCUT2D eigenvalue weighted by Gasteiger charge is 2.14. The van der Waals surface area contributed by atoms with Gasteiger partial charge in [0.05, 0.1) is 18.5 Å². The lowest BCUT2D eigenvalue weighted by Gasteiger charge is -2.22. The molecule has 0 aliphatic heterocycles. The Kier molecular flexibility index (Phi) is 5.52. The van der Waals surface area contributed by atoms with E-state index in [2.05, 4.69) is 34.0 Å². The first-order valence-corrected chi connectivity index (χ1v) is 7.29. The quantitative estimate of drug-likeness (QED) is 0.800. The van der Waals surface area contributed by atoms with Crippen LogP contribution in [0.3, 0.4) is 0 Å². The second-order valence-electron chi connectivity index (χ2n) is 5.40. The summed E-state index contributed by atoms with van der Waals surface area (Å²) < 4.78 is 7.19. The molecule has 0 spiro atoms. The molecule has 2 heterocycles. The van der Waals surface area contributed by atoms with E-state index in [0.29, 0.717) is 0 Å². The number of hydrogen-bond acceptors (Lipinski definition) is 4. The van der Waals surface area contributed by atoms with Gasteiger partial charge in [0, 0.05) is 51.2 Å². The van der Waals surface area contributed by atoms with Gasteiger partial charge in [-0.05, 0) is 25.8 Å². The van der Waals surface area contributed by atoms with E-state index >= 15 is 0 Å². The molecule has 0 fully saturated rings. The van der Waals surface area contributed by atoms with Gasteiger partial charge in [-0.25, -0.2) is 0 Å². The van der Waals surface area contributed by atoms with Crippen LogP contribution in [0, 0.1) is 13.8 Å². The van der Waals surface area contributed by atoms with Gasteiger partial charge in [-0.1, -0.05) is 0 Å². The van der Waals surface area contributed by atoms with E-state index in [1.165, 1.54) is 16.8 Å². The summed E-state index contributed by atoms with van der Waals surface area (Å²) in [5, 5.41) is 11.4. The van der Waals surface area contributed by atoms with Crippen LogP contribution in [-0.4, -0.2) is 51.7 Å². The predicted octanol–water partition coefficient (Wildman–Crippen LogP) is 1.45. The Morgan fingerprint density at radius 1 is 1.33 bits per heavy atom. The molecule has 0 atom stereocenters. The molecule has 0 saturated heterocycles. The lowest BCUT2D eigenvalue weighted by Crippen LogP contribution is -2.29. The highest BCUT2D eigenvalue weighted by Crippen LogP contribution is 2.15. The van der Waals surface area contributed by atoms with Gasteiger partial charge in [0.1, 0.15) is 0 Å². The van der Waals surface area contributed by atoms with Gasteiger partial charge in [-0.2, -0.15) is 10.2 Å². The zero-order chi connectivity index (χ0) is 15.2. The van der Waals surface area contributed by atoms with Crippen LogP contribution in [0.25, 0.3) is 0 Å². The van der Waals surface area contributed by atoms with Crippen molar-refractivity contribution < 1.29 is 4.74 Å². The number of ether oxygens (including phenoxy) is 1. The third-order valence-corrected chi connectivity index (χ3v) is 3.92. The van der Waals surface area contributed by atoms with Crippen molar-refractivity contribution >= 4 is 0 Å². The van der Waals surface area contributed by atoms with Crippen molar-refractivity contribution in [3.05, 3.63) is 34.9 Å². The lowest BCUT2D eigenvalue weighted by molar-refractivity contribution is 0.144. The molecule has 116 valence electrons. The van der Waals surface area contributed by atoms with E-state index in [-0.39, 0.29) is 0 Å². The molecule has 6 nitrogen and oxygen atoms in total. The highest BCUT2D eigenvalue weighted by atomic mass is 16.5. The Bertz CT molecular complexity index is 547. The Balaban J connectivity index is 2.01. The summed E-state index contributed by atoms with van der Waals surface area (Å²) in [7, 11) is 3.74. The van der Waals surface area contributed by atoms with Gasteiger partial charge < -0.3 is 4.74 Å². The zero-order valence-electron chi connectivity index (χ0n) is 13.4. The average molecular weight is 291 g/mol. The van der Waals surface area contributed by atoms with Gasteiger partial charge in [0.25, 0.3) is 0 Å². The molecular weight excluding hydrogens is 266 g/mol. The lowest BCUT2D eigenvalue weighted by atomic mass is 10.1. The molecule has 2 aromatic heterocycles. The Morgan fingerprint density at radius 3 is 2.71 bits per heavy atom. The number of aromatic nitrogens is 4. The van der Waals surface area contributed by atoms with Crippen LogP contribution in [0.1, 0.15) is 22.5 Å². The normalized spacial score (nSPS) is 11.5. The smallest absolute Gasteiger partial charge is 0.0641 e. The summed E-state index contributed by atoms with van der Waals surface area (Å²) in [4.78, 5) is 2.41. The Morgan fingerprint density at radius 2 is 2.14 bits per heavy atom. The van der Waals surface area contributed by atoms with Gasteiger partial charge in [-0.3, -0.25) is 14.7 Å². The van der Waals surface area contributed by atoms with Crippen molar-refractivity contribution in [1.29, 1.82) is 0 Å². The summed E-state index contributed by atoms with van der Waals surface area (Å²) in [6.07, 6.45) is 4.82. The van der Waals surface area contributed by atoms with Gasteiger partial charge in [-0.15, -0.1) is 0 Å². The van der Waals surface area contributed by atoms with Crippen molar-refractivity contribution in [1.82, 2.24) is 24.9 Å². The monoisotopic (exact) mass is 291 g/mol. The number of nitrogens with one attached hydrogen (secondary N) is 1. The summed E-state index contributed by atoms with van der Waals surface area (Å²) in [6, 6.07) is 0. The number of aromatic amines is 1. The van der Waals surface area contributed by atoms with E-state index in [4.69, 9.17) is 4.74 Å². The third-order valence-electron chi connectivity index (χ3n) is 3.92. The van der Waals surface area contributed by atoms with Crippen LogP contribution in [0.15, 0.2) is 12.4 Å².